The first kappa shape index (κ1) is 11.0. The molecule has 3 rings (SSSR count). The van der Waals surface area contributed by atoms with Crippen molar-refractivity contribution in [3.63, 3.8) is 0 Å². The van der Waals surface area contributed by atoms with Gasteiger partial charge in [-0.3, -0.25) is 4.98 Å². The molecule has 0 aliphatic rings. The van der Waals surface area contributed by atoms with E-state index in [1.54, 1.807) is 6.20 Å². The van der Waals surface area contributed by atoms with E-state index in [9.17, 15) is 0 Å². The second-order valence-electron chi connectivity index (χ2n) is 4.68. The lowest BCUT2D eigenvalue weighted by Crippen LogP contribution is -1.94. The molecule has 0 saturated heterocycles. The van der Waals surface area contributed by atoms with Crippen molar-refractivity contribution in [2.24, 2.45) is 0 Å². The van der Waals surface area contributed by atoms with E-state index in [-0.39, 0.29) is 0 Å². The summed E-state index contributed by atoms with van der Waals surface area (Å²) in [5, 5.41) is 0. The Morgan fingerprint density at radius 3 is 2.89 bits per heavy atom. The smallest absolute Gasteiger partial charge is 0.111 e. The zero-order chi connectivity index (χ0) is 12.5. The predicted molar refractivity (Wildman–Crippen MR) is 72.6 cm³/mol. The van der Waals surface area contributed by atoms with Crippen molar-refractivity contribution in [1.82, 2.24) is 15.0 Å². The number of nitrogens with zero attached hydrogens (tertiary/aromatic N) is 2. The molecule has 2 heterocycles. The minimum Gasteiger partial charge on any atom is -0.340 e. The topological polar surface area (TPSA) is 41.6 Å². The summed E-state index contributed by atoms with van der Waals surface area (Å²) in [5.74, 6) is 0.992. The zero-order valence-corrected chi connectivity index (χ0v) is 10.6. The molecule has 3 nitrogen and oxygen atoms in total. The molecular weight excluding hydrogens is 222 g/mol. The molecule has 1 N–H and O–H groups in total. The molecule has 0 saturated carbocycles. The van der Waals surface area contributed by atoms with Gasteiger partial charge < -0.3 is 4.98 Å². The van der Waals surface area contributed by atoms with Crippen molar-refractivity contribution in [2.45, 2.75) is 20.3 Å². The van der Waals surface area contributed by atoms with Gasteiger partial charge in [-0.2, -0.15) is 0 Å². The first-order valence-electron chi connectivity index (χ1n) is 6.07. The number of aromatic nitrogens is 3. The highest BCUT2D eigenvalue weighted by molar-refractivity contribution is 5.73. The zero-order valence-electron chi connectivity index (χ0n) is 10.6. The van der Waals surface area contributed by atoms with Crippen LogP contribution in [0.25, 0.3) is 11.0 Å². The van der Waals surface area contributed by atoms with E-state index in [2.05, 4.69) is 47.0 Å². The van der Waals surface area contributed by atoms with Crippen molar-refractivity contribution in [2.75, 3.05) is 0 Å². The molecule has 90 valence electrons. The minimum atomic E-state index is 0.836. The van der Waals surface area contributed by atoms with Gasteiger partial charge in [0, 0.05) is 12.6 Å². The van der Waals surface area contributed by atoms with Crippen molar-refractivity contribution >= 4 is 11.0 Å². The summed E-state index contributed by atoms with van der Waals surface area (Å²) < 4.78 is 0. The van der Waals surface area contributed by atoms with Gasteiger partial charge in [-0.15, -0.1) is 0 Å². The number of imidazole rings is 1. The largest absolute Gasteiger partial charge is 0.340 e. The van der Waals surface area contributed by atoms with Gasteiger partial charge in [0.15, 0.2) is 0 Å². The summed E-state index contributed by atoms with van der Waals surface area (Å²) in [6.45, 7) is 4.25. The van der Waals surface area contributed by atoms with Gasteiger partial charge in [-0.25, -0.2) is 4.98 Å². The molecule has 0 spiro atoms. The van der Waals surface area contributed by atoms with Crippen molar-refractivity contribution < 1.29 is 0 Å². The Bertz CT molecular complexity index is 665. The summed E-state index contributed by atoms with van der Waals surface area (Å²) >= 11 is 0. The highest BCUT2D eigenvalue weighted by Gasteiger charge is 2.05. The highest BCUT2D eigenvalue weighted by Crippen LogP contribution is 2.16. The van der Waals surface area contributed by atoms with E-state index < -0.39 is 0 Å². The van der Waals surface area contributed by atoms with Crippen LogP contribution in [0.15, 0.2) is 36.7 Å². The molecule has 0 aliphatic heterocycles. The lowest BCUT2D eigenvalue weighted by Gasteiger charge is -2.04. The molecule has 0 amide bonds. The molecule has 0 radical (unpaired) electrons. The number of benzene rings is 1. The third-order valence-electron chi connectivity index (χ3n) is 3.19. The lowest BCUT2D eigenvalue weighted by atomic mass is 10.0. The van der Waals surface area contributed by atoms with Crippen LogP contribution in [0, 0.1) is 13.8 Å². The summed E-state index contributed by atoms with van der Waals surface area (Å²) in [4.78, 5) is 12.0. The Hall–Kier alpha value is -2.16. The Morgan fingerprint density at radius 1 is 1.17 bits per heavy atom. The van der Waals surface area contributed by atoms with Gasteiger partial charge in [0.1, 0.15) is 5.82 Å². The molecule has 1 aromatic carbocycles. The number of hydrogen-bond acceptors (Lipinski definition) is 2. The number of H-pyrrole nitrogens is 1. The van der Waals surface area contributed by atoms with Crippen molar-refractivity contribution in [3.05, 3.63) is 59.2 Å². The van der Waals surface area contributed by atoms with E-state index in [0.29, 0.717) is 0 Å². The SMILES string of the molecule is Cc1ccc(C)c(Cc2nc3ccncc3[nH]2)c1. The molecule has 0 fully saturated rings. The van der Waals surface area contributed by atoms with Gasteiger partial charge in [0.2, 0.25) is 0 Å². The third-order valence-corrected chi connectivity index (χ3v) is 3.19. The maximum atomic E-state index is 4.58. The second-order valence-corrected chi connectivity index (χ2v) is 4.68. The van der Waals surface area contributed by atoms with Crippen molar-refractivity contribution in [3.8, 4) is 0 Å². The molecule has 2 aromatic heterocycles. The number of aromatic amines is 1. The number of hydrogen-bond donors (Lipinski definition) is 1. The van der Waals surface area contributed by atoms with Crippen LogP contribution < -0.4 is 0 Å². The fraction of sp³-hybridized carbons (Fsp3) is 0.200. The van der Waals surface area contributed by atoms with Gasteiger partial charge in [0.25, 0.3) is 0 Å². The van der Waals surface area contributed by atoms with Crippen LogP contribution in [0.2, 0.25) is 0 Å². The highest BCUT2D eigenvalue weighted by atomic mass is 14.9. The fourth-order valence-electron chi connectivity index (χ4n) is 2.16. The second kappa shape index (κ2) is 4.26. The first-order chi connectivity index (χ1) is 8.72. The summed E-state index contributed by atoms with van der Waals surface area (Å²) in [6.07, 6.45) is 4.42. The molecule has 3 aromatic rings. The summed E-state index contributed by atoms with van der Waals surface area (Å²) in [5.41, 5.74) is 5.89. The van der Waals surface area contributed by atoms with Crippen molar-refractivity contribution in [1.29, 1.82) is 0 Å². The summed E-state index contributed by atoms with van der Waals surface area (Å²) in [6, 6.07) is 8.45. The quantitative estimate of drug-likeness (QED) is 0.743. The summed E-state index contributed by atoms with van der Waals surface area (Å²) in [7, 11) is 0. The van der Waals surface area contributed by atoms with E-state index >= 15 is 0 Å². The van der Waals surface area contributed by atoms with Gasteiger partial charge in [-0.05, 0) is 31.0 Å². The Morgan fingerprint density at radius 2 is 2.06 bits per heavy atom. The Balaban J connectivity index is 1.98. The van der Waals surface area contributed by atoms with Gasteiger partial charge in [-0.1, -0.05) is 23.8 Å². The molecule has 0 bridgehead atoms. The molecule has 0 unspecified atom stereocenters. The first-order valence-corrected chi connectivity index (χ1v) is 6.07. The third kappa shape index (κ3) is 1.99. The number of rotatable bonds is 2. The van der Waals surface area contributed by atoms with Crippen LogP contribution in [0.5, 0.6) is 0 Å². The molecular formula is C15H15N3. The fourth-order valence-corrected chi connectivity index (χ4v) is 2.16. The van der Waals surface area contributed by atoms with Crippen LogP contribution in [0.1, 0.15) is 22.5 Å². The average molecular weight is 237 g/mol. The number of aryl methyl sites for hydroxylation is 2. The maximum absolute atomic E-state index is 4.58. The van der Waals surface area contributed by atoms with E-state index in [1.807, 2.05) is 12.3 Å². The number of fused-ring (bicyclic) bond motifs is 1. The molecule has 0 aliphatic carbocycles. The van der Waals surface area contributed by atoms with Crippen LogP contribution in [-0.4, -0.2) is 15.0 Å². The van der Waals surface area contributed by atoms with Gasteiger partial charge >= 0.3 is 0 Å². The van der Waals surface area contributed by atoms with E-state index in [1.165, 1.54) is 16.7 Å². The monoisotopic (exact) mass is 237 g/mol. The molecule has 3 heteroatoms. The van der Waals surface area contributed by atoms with Crippen LogP contribution in [0.4, 0.5) is 0 Å². The van der Waals surface area contributed by atoms with Crippen LogP contribution in [-0.2, 0) is 6.42 Å². The van der Waals surface area contributed by atoms with Gasteiger partial charge in [0.05, 0.1) is 17.2 Å². The standard InChI is InChI=1S/C15H15N3/c1-10-3-4-11(2)12(7-10)8-15-17-13-5-6-16-9-14(13)18-15/h3-7,9H,8H2,1-2H3,(H,17,18). The normalized spacial score (nSPS) is 11.0. The number of pyridine rings is 1. The lowest BCUT2D eigenvalue weighted by molar-refractivity contribution is 1.02. The number of nitrogens with one attached hydrogen (secondary N) is 1. The van der Waals surface area contributed by atoms with Crippen LogP contribution >= 0.6 is 0 Å². The van der Waals surface area contributed by atoms with Crippen LogP contribution in [0.3, 0.4) is 0 Å². The molecule has 18 heavy (non-hydrogen) atoms. The Kier molecular flexibility index (Phi) is 2.59. The predicted octanol–water partition coefficient (Wildman–Crippen LogP) is 3.17. The Labute approximate surface area is 106 Å². The van der Waals surface area contributed by atoms with E-state index in [0.717, 1.165) is 23.3 Å². The molecule has 0 atom stereocenters. The maximum Gasteiger partial charge on any atom is 0.111 e. The van der Waals surface area contributed by atoms with E-state index in [4.69, 9.17) is 0 Å². The average Bonchev–Trinajstić information content (AvgIpc) is 2.76. The minimum absolute atomic E-state index is 0.836.